The Balaban J connectivity index is 1.40. The molecule has 1 aliphatic rings. The van der Waals surface area contributed by atoms with Crippen LogP contribution in [-0.2, 0) is 22.6 Å². The van der Waals surface area contributed by atoms with Crippen LogP contribution < -0.4 is 10.9 Å². The van der Waals surface area contributed by atoms with E-state index in [0.717, 1.165) is 43.9 Å². The molecule has 3 heterocycles. The zero-order valence-electron chi connectivity index (χ0n) is 14.6. The van der Waals surface area contributed by atoms with Crippen LogP contribution in [0.4, 0.5) is 5.13 Å². The lowest BCUT2D eigenvalue weighted by Crippen LogP contribution is -2.35. The van der Waals surface area contributed by atoms with Gasteiger partial charge in [-0.1, -0.05) is 18.2 Å². The molecule has 1 aliphatic heterocycles. The molecule has 9 heteroatoms. The molecular weight excluding hydrogens is 366 g/mol. The molecule has 0 unspecified atom stereocenters. The highest BCUT2D eigenvalue weighted by atomic mass is 32.1. The fourth-order valence-corrected chi connectivity index (χ4v) is 3.68. The molecule has 1 fully saturated rings. The van der Waals surface area contributed by atoms with Crippen LogP contribution in [0.15, 0.2) is 40.6 Å². The Morgan fingerprint density at radius 2 is 2.07 bits per heavy atom. The van der Waals surface area contributed by atoms with Crippen LogP contribution in [0.1, 0.15) is 5.69 Å². The monoisotopic (exact) mass is 385 g/mol. The van der Waals surface area contributed by atoms with Crippen molar-refractivity contribution in [2.24, 2.45) is 0 Å². The maximum atomic E-state index is 12.4. The van der Waals surface area contributed by atoms with Crippen molar-refractivity contribution in [1.82, 2.24) is 19.7 Å². The summed E-state index contributed by atoms with van der Waals surface area (Å²) in [5.74, 6) is -0.327. The smallest absolute Gasteiger partial charge is 0.275 e. The Hall–Kier alpha value is -2.62. The third-order valence-electron chi connectivity index (χ3n) is 4.34. The summed E-state index contributed by atoms with van der Waals surface area (Å²) < 4.78 is 6.50. The quantitative estimate of drug-likeness (QED) is 0.713. The molecule has 8 nitrogen and oxygen atoms in total. The van der Waals surface area contributed by atoms with Crippen LogP contribution >= 0.6 is 11.3 Å². The standard InChI is InChI=1S/C18H19N5O3S/c24-16(11-23-17(25)15-4-2-1-3-13(15)9-19-23)21-18-20-14(12-27-18)10-22-5-7-26-8-6-22/h1-4,9,12H,5-8,10-11H2,(H,20,21,24). The van der Waals surface area contributed by atoms with Crippen molar-refractivity contribution < 1.29 is 9.53 Å². The number of benzene rings is 1. The largest absolute Gasteiger partial charge is 0.379 e. The number of fused-ring (bicyclic) bond motifs is 1. The van der Waals surface area contributed by atoms with Crippen molar-refractivity contribution in [2.45, 2.75) is 13.1 Å². The van der Waals surface area contributed by atoms with Gasteiger partial charge in [0, 0.05) is 30.4 Å². The number of carbonyl (C=O) groups excluding carboxylic acids is 1. The average Bonchev–Trinajstić information content (AvgIpc) is 3.11. The third kappa shape index (κ3) is 4.21. The molecule has 2 aromatic heterocycles. The summed E-state index contributed by atoms with van der Waals surface area (Å²) in [4.78, 5) is 31.5. The number of anilines is 1. The van der Waals surface area contributed by atoms with E-state index < -0.39 is 0 Å². The van der Waals surface area contributed by atoms with Crippen LogP contribution in [0.2, 0.25) is 0 Å². The zero-order valence-corrected chi connectivity index (χ0v) is 15.4. The van der Waals surface area contributed by atoms with E-state index in [9.17, 15) is 9.59 Å². The average molecular weight is 385 g/mol. The molecule has 0 aliphatic carbocycles. The Bertz CT molecular complexity index is 1010. The number of aromatic nitrogens is 3. The topological polar surface area (TPSA) is 89.3 Å². The summed E-state index contributed by atoms with van der Waals surface area (Å²) in [6.45, 7) is 3.83. The molecule has 0 radical (unpaired) electrons. The number of nitrogens with one attached hydrogen (secondary N) is 1. The molecule has 4 rings (SSSR count). The zero-order chi connectivity index (χ0) is 18.6. The van der Waals surface area contributed by atoms with E-state index >= 15 is 0 Å². The molecule has 0 saturated carbocycles. The lowest BCUT2D eigenvalue weighted by molar-refractivity contribution is -0.117. The van der Waals surface area contributed by atoms with Crippen molar-refractivity contribution in [3.05, 3.63) is 51.9 Å². The predicted octanol–water partition coefficient (Wildman–Crippen LogP) is 1.32. The minimum atomic E-state index is -0.327. The summed E-state index contributed by atoms with van der Waals surface area (Å²) in [6.07, 6.45) is 1.59. The minimum Gasteiger partial charge on any atom is -0.379 e. The molecule has 0 atom stereocenters. The Kier molecular flexibility index (Phi) is 5.23. The van der Waals surface area contributed by atoms with E-state index in [0.29, 0.717) is 10.5 Å². The molecule has 140 valence electrons. The van der Waals surface area contributed by atoms with Gasteiger partial charge in [0.05, 0.1) is 30.5 Å². The van der Waals surface area contributed by atoms with Gasteiger partial charge in [0.2, 0.25) is 5.91 Å². The van der Waals surface area contributed by atoms with Crippen molar-refractivity contribution >= 4 is 33.1 Å². The van der Waals surface area contributed by atoms with E-state index in [1.165, 1.54) is 16.0 Å². The van der Waals surface area contributed by atoms with E-state index in [4.69, 9.17) is 4.74 Å². The number of morpholine rings is 1. The number of carbonyl (C=O) groups is 1. The molecule has 1 saturated heterocycles. The molecular formula is C18H19N5O3S. The van der Waals surface area contributed by atoms with E-state index in [1.54, 1.807) is 18.3 Å². The lowest BCUT2D eigenvalue weighted by atomic mass is 10.2. The first kappa shape index (κ1) is 17.8. The van der Waals surface area contributed by atoms with Crippen LogP contribution in [-0.4, -0.2) is 51.9 Å². The molecule has 1 aromatic carbocycles. The number of ether oxygens (including phenoxy) is 1. The van der Waals surface area contributed by atoms with Gasteiger partial charge in [-0.05, 0) is 6.07 Å². The van der Waals surface area contributed by atoms with Gasteiger partial charge in [0.25, 0.3) is 5.56 Å². The highest BCUT2D eigenvalue weighted by Crippen LogP contribution is 2.17. The van der Waals surface area contributed by atoms with Crippen molar-refractivity contribution in [3.8, 4) is 0 Å². The van der Waals surface area contributed by atoms with Gasteiger partial charge in [-0.15, -0.1) is 11.3 Å². The van der Waals surface area contributed by atoms with E-state index in [-0.39, 0.29) is 18.0 Å². The number of nitrogens with zero attached hydrogens (tertiary/aromatic N) is 4. The van der Waals surface area contributed by atoms with Gasteiger partial charge in [-0.25, -0.2) is 9.67 Å². The Morgan fingerprint density at radius 3 is 2.93 bits per heavy atom. The minimum absolute atomic E-state index is 0.151. The van der Waals surface area contributed by atoms with Gasteiger partial charge < -0.3 is 10.1 Å². The summed E-state index contributed by atoms with van der Waals surface area (Å²) in [5.41, 5.74) is 0.633. The fourth-order valence-electron chi connectivity index (χ4n) is 2.96. The number of thiazole rings is 1. The van der Waals surface area contributed by atoms with Gasteiger partial charge in [-0.3, -0.25) is 14.5 Å². The summed E-state index contributed by atoms with van der Waals surface area (Å²) in [5, 5.41) is 10.6. The van der Waals surface area contributed by atoms with Crippen LogP contribution in [0.25, 0.3) is 10.8 Å². The summed E-state index contributed by atoms with van der Waals surface area (Å²) >= 11 is 1.38. The molecule has 1 N–H and O–H groups in total. The van der Waals surface area contributed by atoms with Crippen molar-refractivity contribution in [2.75, 3.05) is 31.6 Å². The number of hydrogen-bond acceptors (Lipinski definition) is 7. The van der Waals surface area contributed by atoms with Gasteiger partial charge in [-0.2, -0.15) is 5.10 Å². The maximum Gasteiger partial charge on any atom is 0.275 e. The molecule has 0 bridgehead atoms. The van der Waals surface area contributed by atoms with Gasteiger partial charge in [0.15, 0.2) is 5.13 Å². The molecule has 0 spiro atoms. The van der Waals surface area contributed by atoms with E-state index in [2.05, 4.69) is 20.3 Å². The van der Waals surface area contributed by atoms with E-state index in [1.807, 2.05) is 17.5 Å². The number of amides is 1. The molecule has 3 aromatic rings. The third-order valence-corrected chi connectivity index (χ3v) is 5.15. The second-order valence-corrected chi connectivity index (χ2v) is 7.13. The van der Waals surface area contributed by atoms with Crippen LogP contribution in [0.3, 0.4) is 0 Å². The normalized spacial score (nSPS) is 15.1. The highest BCUT2D eigenvalue weighted by molar-refractivity contribution is 7.13. The van der Waals surface area contributed by atoms with Crippen molar-refractivity contribution in [1.29, 1.82) is 0 Å². The number of hydrogen-bond donors (Lipinski definition) is 1. The van der Waals surface area contributed by atoms with Crippen LogP contribution in [0, 0.1) is 0 Å². The van der Waals surface area contributed by atoms with Crippen molar-refractivity contribution in [3.63, 3.8) is 0 Å². The van der Waals surface area contributed by atoms with Gasteiger partial charge in [0.1, 0.15) is 6.54 Å². The first-order valence-electron chi connectivity index (χ1n) is 8.68. The second kappa shape index (κ2) is 7.95. The Labute approximate surface area is 159 Å². The highest BCUT2D eigenvalue weighted by Gasteiger charge is 2.14. The Morgan fingerprint density at radius 1 is 1.26 bits per heavy atom. The first-order chi connectivity index (χ1) is 13.2. The molecule has 1 amide bonds. The summed E-state index contributed by atoms with van der Waals surface area (Å²) in [6, 6.07) is 7.18. The molecule has 27 heavy (non-hydrogen) atoms. The maximum absolute atomic E-state index is 12.4. The predicted molar refractivity (Wildman–Crippen MR) is 103 cm³/mol. The summed E-state index contributed by atoms with van der Waals surface area (Å²) in [7, 11) is 0. The fraction of sp³-hybridized carbons (Fsp3) is 0.333. The SMILES string of the molecule is O=C(Cn1ncc2ccccc2c1=O)Nc1nc(CN2CCOCC2)cs1. The van der Waals surface area contributed by atoms with Gasteiger partial charge >= 0.3 is 0 Å². The number of rotatable bonds is 5. The lowest BCUT2D eigenvalue weighted by Gasteiger charge is -2.25. The first-order valence-corrected chi connectivity index (χ1v) is 9.56. The van der Waals surface area contributed by atoms with Crippen LogP contribution in [0.5, 0.6) is 0 Å². The second-order valence-electron chi connectivity index (χ2n) is 6.28.